The topological polar surface area (TPSA) is 56.9 Å². The second kappa shape index (κ2) is 3.73. The van der Waals surface area contributed by atoms with Crippen LogP contribution in [0.1, 0.15) is 0 Å². The maximum atomic E-state index is 12.7. The Morgan fingerprint density at radius 3 is 2.44 bits per heavy atom. The van der Waals surface area contributed by atoms with Gasteiger partial charge < -0.3 is 0 Å². The number of benzene rings is 1. The van der Waals surface area contributed by atoms with Gasteiger partial charge in [0.1, 0.15) is 12.0 Å². The highest BCUT2D eigenvalue weighted by molar-refractivity contribution is 5.31. The van der Waals surface area contributed by atoms with E-state index in [1.807, 2.05) is 0 Å². The number of hydrogen-bond donors (Lipinski definition) is 0. The van der Waals surface area contributed by atoms with Crippen LogP contribution in [0.15, 0.2) is 40.1 Å². The quantitative estimate of drug-likeness (QED) is 0.684. The minimum Gasteiger partial charge on any atom is -0.267 e. The van der Waals surface area contributed by atoms with Crippen LogP contribution in [-0.4, -0.2) is 14.3 Å². The van der Waals surface area contributed by atoms with Crippen LogP contribution in [0.5, 0.6) is 0 Å². The molecule has 6 heteroatoms. The van der Waals surface area contributed by atoms with Crippen molar-refractivity contribution in [3.63, 3.8) is 0 Å². The van der Waals surface area contributed by atoms with Crippen molar-refractivity contribution < 1.29 is 4.39 Å². The van der Waals surface area contributed by atoms with Gasteiger partial charge in [-0.15, -0.1) is 0 Å². The highest BCUT2D eigenvalue weighted by Gasteiger charge is 2.06. The molecule has 0 fully saturated rings. The maximum absolute atomic E-state index is 12.7. The molecule has 82 valence electrons. The van der Waals surface area contributed by atoms with E-state index in [-0.39, 0.29) is 0 Å². The van der Waals surface area contributed by atoms with Gasteiger partial charge >= 0.3 is 5.69 Å². The normalized spacial score (nSPS) is 10.4. The van der Waals surface area contributed by atoms with Gasteiger partial charge in [-0.3, -0.25) is 4.79 Å². The summed E-state index contributed by atoms with van der Waals surface area (Å²) in [5.41, 5.74) is -0.803. The van der Waals surface area contributed by atoms with Crippen LogP contribution in [0.3, 0.4) is 0 Å². The fraction of sp³-hybridized carbons (Fsp3) is 0.100. The van der Waals surface area contributed by atoms with E-state index in [1.54, 1.807) is 0 Å². The highest BCUT2D eigenvalue weighted by Crippen LogP contribution is 2.03. The third-order valence-electron chi connectivity index (χ3n) is 2.11. The van der Waals surface area contributed by atoms with E-state index in [1.165, 1.54) is 31.3 Å². The molecule has 0 saturated heterocycles. The molecular formula is C10H8FN3O2. The molecule has 0 amide bonds. The first-order valence-corrected chi connectivity index (χ1v) is 4.51. The molecule has 0 atom stereocenters. The second-order valence-electron chi connectivity index (χ2n) is 3.20. The number of aryl methyl sites for hydroxylation is 1. The number of aromatic nitrogens is 3. The molecule has 0 N–H and O–H groups in total. The van der Waals surface area contributed by atoms with Gasteiger partial charge in [0.25, 0.3) is 5.56 Å². The van der Waals surface area contributed by atoms with E-state index in [4.69, 9.17) is 0 Å². The average molecular weight is 221 g/mol. The Balaban J connectivity index is 2.74. The van der Waals surface area contributed by atoms with Gasteiger partial charge in [-0.2, -0.15) is 5.10 Å². The molecule has 0 saturated carbocycles. The van der Waals surface area contributed by atoms with Gasteiger partial charge in [-0.05, 0) is 24.3 Å². The summed E-state index contributed by atoms with van der Waals surface area (Å²) in [7, 11) is 1.43. The zero-order chi connectivity index (χ0) is 11.7. The van der Waals surface area contributed by atoms with Gasteiger partial charge in [0.15, 0.2) is 0 Å². The lowest BCUT2D eigenvalue weighted by molar-refractivity contribution is 0.620. The van der Waals surface area contributed by atoms with E-state index < -0.39 is 17.1 Å². The summed E-state index contributed by atoms with van der Waals surface area (Å²) < 4.78 is 14.7. The zero-order valence-electron chi connectivity index (χ0n) is 8.42. The van der Waals surface area contributed by atoms with Crippen molar-refractivity contribution in [2.75, 3.05) is 0 Å². The summed E-state index contributed by atoms with van der Waals surface area (Å²) in [6, 6.07) is 5.08. The second-order valence-corrected chi connectivity index (χ2v) is 3.20. The molecule has 1 aromatic carbocycles. The monoisotopic (exact) mass is 221 g/mol. The van der Waals surface area contributed by atoms with Crippen LogP contribution in [0.2, 0.25) is 0 Å². The van der Waals surface area contributed by atoms with Crippen molar-refractivity contribution in [1.29, 1.82) is 0 Å². The van der Waals surface area contributed by atoms with Crippen molar-refractivity contribution in [2.24, 2.45) is 7.05 Å². The van der Waals surface area contributed by atoms with Gasteiger partial charge in [0.2, 0.25) is 0 Å². The van der Waals surface area contributed by atoms with Crippen molar-refractivity contribution in [2.45, 2.75) is 0 Å². The smallest absolute Gasteiger partial charge is 0.267 e. The van der Waals surface area contributed by atoms with E-state index in [9.17, 15) is 14.0 Å². The van der Waals surface area contributed by atoms with Crippen LogP contribution in [-0.2, 0) is 7.05 Å². The Morgan fingerprint density at radius 2 is 1.81 bits per heavy atom. The first kappa shape index (κ1) is 10.3. The van der Waals surface area contributed by atoms with Gasteiger partial charge in [-0.1, -0.05) is 0 Å². The van der Waals surface area contributed by atoms with E-state index in [0.29, 0.717) is 5.69 Å². The Bertz CT molecular complexity index is 628. The minimum absolute atomic E-state index is 0.314. The molecule has 0 aliphatic heterocycles. The SMILES string of the molecule is Cn1ncc(=O)n(-c2ccc(F)cc2)c1=O. The third-order valence-corrected chi connectivity index (χ3v) is 2.11. The summed E-state index contributed by atoms with van der Waals surface area (Å²) in [6.07, 6.45) is 1.03. The molecule has 0 aliphatic carbocycles. The molecule has 0 unspecified atom stereocenters. The number of nitrogens with zero attached hydrogens (tertiary/aromatic N) is 3. The fourth-order valence-corrected chi connectivity index (χ4v) is 1.31. The Hall–Kier alpha value is -2.24. The van der Waals surface area contributed by atoms with Crippen LogP contribution in [0, 0.1) is 5.82 Å². The summed E-state index contributed by atoms with van der Waals surface area (Å²) >= 11 is 0. The Kier molecular flexibility index (Phi) is 2.40. The van der Waals surface area contributed by atoms with Crippen LogP contribution in [0.4, 0.5) is 4.39 Å². The summed E-state index contributed by atoms with van der Waals surface area (Å²) in [4.78, 5) is 23.1. The molecule has 0 spiro atoms. The first-order chi connectivity index (χ1) is 7.59. The molecule has 0 aliphatic rings. The summed E-state index contributed by atoms with van der Waals surface area (Å²) in [5.74, 6) is -0.428. The lowest BCUT2D eigenvalue weighted by Crippen LogP contribution is -2.38. The fourth-order valence-electron chi connectivity index (χ4n) is 1.31. The van der Waals surface area contributed by atoms with E-state index in [0.717, 1.165) is 15.4 Å². The van der Waals surface area contributed by atoms with Crippen LogP contribution in [0.25, 0.3) is 5.69 Å². The number of rotatable bonds is 1. The molecule has 2 rings (SSSR count). The Morgan fingerprint density at radius 1 is 1.19 bits per heavy atom. The Labute approximate surface area is 89.4 Å². The zero-order valence-corrected chi connectivity index (χ0v) is 8.42. The van der Waals surface area contributed by atoms with E-state index >= 15 is 0 Å². The van der Waals surface area contributed by atoms with Crippen molar-refractivity contribution in [3.05, 3.63) is 57.1 Å². The number of hydrogen-bond acceptors (Lipinski definition) is 3. The van der Waals surface area contributed by atoms with Crippen molar-refractivity contribution in [3.8, 4) is 5.69 Å². The third kappa shape index (κ3) is 1.65. The molecule has 1 heterocycles. The van der Waals surface area contributed by atoms with Crippen LogP contribution < -0.4 is 11.2 Å². The van der Waals surface area contributed by atoms with Crippen molar-refractivity contribution >= 4 is 0 Å². The highest BCUT2D eigenvalue weighted by atomic mass is 19.1. The molecular weight excluding hydrogens is 213 g/mol. The summed E-state index contributed by atoms with van der Waals surface area (Å²) in [6.45, 7) is 0. The average Bonchev–Trinajstić information content (AvgIpc) is 2.27. The molecule has 0 bridgehead atoms. The summed E-state index contributed by atoms with van der Waals surface area (Å²) in [5, 5.41) is 3.58. The molecule has 0 radical (unpaired) electrons. The van der Waals surface area contributed by atoms with Crippen molar-refractivity contribution in [1.82, 2.24) is 14.3 Å². The molecule has 16 heavy (non-hydrogen) atoms. The molecule has 2 aromatic rings. The largest absolute Gasteiger partial charge is 0.351 e. The van der Waals surface area contributed by atoms with Gasteiger partial charge in [0, 0.05) is 7.05 Å². The number of halogens is 1. The maximum Gasteiger partial charge on any atom is 0.351 e. The minimum atomic E-state index is -0.570. The molecule has 5 nitrogen and oxygen atoms in total. The predicted octanol–water partition coefficient (Wildman–Crippen LogP) is 0.0703. The standard InChI is InChI=1S/C10H8FN3O2/c1-13-10(16)14(9(15)6-12-13)8-4-2-7(11)3-5-8/h2-6H,1H3. The van der Waals surface area contributed by atoms with Gasteiger partial charge in [0.05, 0.1) is 5.69 Å². The lowest BCUT2D eigenvalue weighted by atomic mass is 10.3. The molecule has 1 aromatic heterocycles. The van der Waals surface area contributed by atoms with E-state index in [2.05, 4.69) is 5.10 Å². The lowest BCUT2D eigenvalue weighted by Gasteiger charge is -2.04. The van der Waals surface area contributed by atoms with Crippen LogP contribution >= 0.6 is 0 Å². The first-order valence-electron chi connectivity index (χ1n) is 4.51. The van der Waals surface area contributed by atoms with Gasteiger partial charge in [-0.25, -0.2) is 18.4 Å². The predicted molar refractivity (Wildman–Crippen MR) is 55.0 cm³/mol.